The molecule has 0 amide bonds. The first-order valence-electron chi connectivity index (χ1n) is 6.63. The summed E-state index contributed by atoms with van der Waals surface area (Å²) in [5, 5.41) is 3.41. The Bertz CT molecular complexity index is 564. The highest BCUT2D eigenvalue weighted by molar-refractivity contribution is 5.60. The molecule has 0 radical (unpaired) electrons. The second kappa shape index (κ2) is 5.17. The van der Waals surface area contributed by atoms with Gasteiger partial charge in [-0.3, -0.25) is 0 Å². The van der Waals surface area contributed by atoms with Crippen LogP contribution < -0.4 is 5.32 Å². The fourth-order valence-corrected chi connectivity index (χ4v) is 1.85. The molecule has 3 heteroatoms. The van der Waals surface area contributed by atoms with Gasteiger partial charge in [0.15, 0.2) is 0 Å². The van der Waals surface area contributed by atoms with Crippen LogP contribution in [-0.2, 0) is 6.54 Å². The van der Waals surface area contributed by atoms with Gasteiger partial charge in [-0.15, -0.1) is 0 Å². The summed E-state index contributed by atoms with van der Waals surface area (Å²) >= 11 is 0. The highest BCUT2D eigenvalue weighted by Crippen LogP contribution is 2.24. The van der Waals surface area contributed by atoms with Crippen LogP contribution in [0, 0.1) is 13.8 Å². The maximum Gasteiger partial charge on any atom is 0.226 e. The lowest BCUT2D eigenvalue weighted by Gasteiger charge is -2.19. The Labute approximate surface area is 115 Å². The normalized spacial score (nSPS) is 11.8. The predicted molar refractivity (Wildman–Crippen MR) is 78.0 cm³/mol. The van der Waals surface area contributed by atoms with E-state index in [1.54, 1.807) is 6.26 Å². The molecule has 0 atom stereocenters. The third-order valence-electron chi connectivity index (χ3n) is 3.19. The molecular weight excluding hydrogens is 236 g/mol. The van der Waals surface area contributed by atoms with Gasteiger partial charge in [0.2, 0.25) is 5.89 Å². The lowest BCUT2D eigenvalue weighted by atomic mass is 10.0. The molecule has 0 aliphatic carbocycles. The Morgan fingerprint density at radius 3 is 2.63 bits per heavy atom. The zero-order valence-electron chi connectivity index (χ0n) is 12.4. The first-order chi connectivity index (χ1) is 8.87. The van der Waals surface area contributed by atoms with Crippen molar-refractivity contribution in [1.82, 2.24) is 10.3 Å². The van der Waals surface area contributed by atoms with Gasteiger partial charge in [0.05, 0.1) is 5.69 Å². The Morgan fingerprint density at radius 1 is 1.21 bits per heavy atom. The molecule has 0 aliphatic rings. The molecule has 0 saturated carbocycles. The lowest BCUT2D eigenvalue weighted by molar-refractivity contribution is 0.421. The van der Waals surface area contributed by atoms with Crippen LogP contribution in [0.5, 0.6) is 0 Å². The van der Waals surface area contributed by atoms with Crippen LogP contribution in [0.3, 0.4) is 0 Å². The van der Waals surface area contributed by atoms with Crippen molar-refractivity contribution in [2.45, 2.75) is 46.7 Å². The number of nitrogens with zero attached hydrogens (tertiary/aromatic N) is 1. The van der Waals surface area contributed by atoms with E-state index in [4.69, 9.17) is 4.42 Å². The van der Waals surface area contributed by atoms with E-state index in [2.05, 4.69) is 57.1 Å². The third kappa shape index (κ3) is 3.44. The Kier molecular flexibility index (Phi) is 3.76. The Hall–Kier alpha value is -1.61. The SMILES string of the molecule is Cc1cccc(-c2nc(CNC(C)(C)C)co2)c1C. The highest BCUT2D eigenvalue weighted by Gasteiger charge is 2.13. The maximum absolute atomic E-state index is 5.60. The van der Waals surface area contributed by atoms with Crippen LogP contribution in [0.4, 0.5) is 0 Å². The largest absolute Gasteiger partial charge is 0.444 e. The zero-order valence-corrected chi connectivity index (χ0v) is 12.4. The van der Waals surface area contributed by atoms with E-state index in [9.17, 15) is 0 Å². The van der Waals surface area contributed by atoms with Gasteiger partial charge in [0, 0.05) is 17.6 Å². The summed E-state index contributed by atoms with van der Waals surface area (Å²) in [6, 6.07) is 6.19. The number of hydrogen-bond donors (Lipinski definition) is 1. The van der Waals surface area contributed by atoms with E-state index in [0.29, 0.717) is 5.89 Å². The van der Waals surface area contributed by atoms with Gasteiger partial charge in [-0.1, -0.05) is 12.1 Å². The number of hydrogen-bond acceptors (Lipinski definition) is 3. The molecular formula is C16H22N2O. The second-order valence-electron chi connectivity index (χ2n) is 6.00. The van der Waals surface area contributed by atoms with E-state index >= 15 is 0 Å². The van der Waals surface area contributed by atoms with E-state index in [0.717, 1.165) is 17.8 Å². The average Bonchev–Trinajstić information content (AvgIpc) is 2.78. The minimum Gasteiger partial charge on any atom is -0.444 e. The molecule has 1 heterocycles. The molecule has 0 saturated heterocycles. The van der Waals surface area contributed by atoms with Gasteiger partial charge >= 0.3 is 0 Å². The molecule has 1 N–H and O–H groups in total. The summed E-state index contributed by atoms with van der Waals surface area (Å²) in [5.41, 5.74) is 4.57. The van der Waals surface area contributed by atoms with Gasteiger partial charge in [-0.2, -0.15) is 0 Å². The van der Waals surface area contributed by atoms with Crippen LogP contribution in [-0.4, -0.2) is 10.5 Å². The monoisotopic (exact) mass is 258 g/mol. The minimum atomic E-state index is 0.0817. The molecule has 0 fully saturated rings. The second-order valence-corrected chi connectivity index (χ2v) is 6.00. The Morgan fingerprint density at radius 2 is 1.95 bits per heavy atom. The van der Waals surface area contributed by atoms with Crippen molar-refractivity contribution < 1.29 is 4.42 Å². The number of aryl methyl sites for hydroxylation is 1. The first-order valence-corrected chi connectivity index (χ1v) is 6.63. The van der Waals surface area contributed by atoms with Crippen molar-refractivity contribution in [2.75, 3.05) is 0 Å². The number of nitrogens with one attached hydrogen (secondary N) is 1. The number of oxazole rings is 1. The summed E-state index contributed by atoms with van der Waals surface area (Å²) < 4.78 is 5.60. The maximum atomic E-state index is 5.60. The highest BCUT2D eigenvalue weighted by atomic mass is 16.3. The summed E-state index contributed by atoms with van der Waals surface area (Å²) in [4.78, 5) is 4.56. The molecule has 0 aliphatic heterocycles. The summed E-state index contributed by atoms with van der Waals surface area (Å²) in [6.07, 6.45) is 1.73. The summed E-state index contributed by atoms with van der Waals surface area (Å²) in [7, 11) is 0. The molecule has 0 unspecified atom stereocenters. The van der Waals surface area contributed by atoms with Crippen molar-refractivity contribution in [1.29, 1.82) is 0 Å². The van der Waals surface area contributed by atoms with Gasteiger partial charge in [0.25, 0.3) is 0 Å². The van der Waals surface area contributed by atoms with Crippen molar-refractivity contribution in [3.63, 3.8) is 0 Å². The Balaban J connectivity index is 2.19. The van der Waals surface area contributed by atoms with Gasteiger partial charge in [-0.05, 0) is 51.8 Å². The standard InChI is InChI=1S/C16H22N2O/c1-11-7-6-8-14(12(11)2)15-18-13(10-19-15)9-17-16(3,4)5/h6-8,10,17H,9H2,1-5H3. The van der Waals surface area contributed by atoms with Crippen molar-refractivity contribution >= 4 is 0 Å². The number of aromatic nitrogens is 1. The molecule has 2 rings (SSSR count). The van der Waals surface area contributed by atoms with Gasteiger partial charge < -0.3 is 9.73 Å². The molecule has 3 nitrogen and oxygen atoms in total. The average molecular weight is 258 g/mol. The smallest absolute Gasteiger partial charge is 0.226 e. The predicted octanol–water partition coefficient (Wildman–Crippen LogP) is 3.85. The topological polar surface area (TPSA) is 38.1 Å². The minimum absolute atomic E-state index is 0.0817. The summed E-state index contributed by atoms with van der Waals surface area (Å²) in [6.45, 7) is 11.3. The van der Waals surface area contributed by atoms with Crippen LogP contribution in [0.2, 0.25) is 0 Å². The molecule has 1 aromatic heterocycles. The third-order valence-corrected chi connectivity index (χ3v) is 3.19. The molecule has 1 aromatic carbocycles. The van der Waals surface area contributed by atoms with E-state index in [1.165, 1.54) is 11.1 Å². The van der Waals surface area contributed by atoms with Crippen LogP contribution in [0.1, 0.15) is 37.6 Å². The first kappa shape index (κ1) is 13.8. The molecule has 19 heavy (non-hydrogen) atoms. The lowest BCUT2D eigenvalue weighted by Crippen LogP contribution is -2.35. The van der Waals surface area contributed by atoms with E-state index in [1.807, 2.05) is 6.07 Å². The molecule has 102 valence electrons. The van der Waals surface area contributed by atoms with E-state index in [-0.39, 0.29) is 5.54 Å². The van der Waals surface area contributed by atoms with Crippen molar-refractivity contribution in [2.24, 2.45) is 0 Å². The van der Waals surface area contributed by atoms with Gasteiger partial charge in [-0.25, -0.2) is 4.98 Å². The molecule has 0 spiro atoms. The van der Waals surface area contributed by atoms with Crippen LogP contribution in [0.15, 0.2) is 28.9 Å². The quantitative estimate of drug-likeness (QED) is 0.908. The van der Waals surface area contributed by atoms with Gasteiger partial charge in [0.1, 0.15) is 6.26 Å². The number of benzene rings is 1. The molecule has 2 aromatic rings. The zero-order chi connectivity index (χ0) is 14.0. The van der Waals surface area contributed by atoms with Crippen LogP contribution >= 0.6 is 0 Å². The van der Waals surface area contributed by atoms with E-state index < -0.39 is 0 Å². The number of rotatable bonds is 3. The van der Waals surface area contributed by atoms with Crippen molar-refractivity contribution in [3.05, 3.63) is 41.3 Å². The van der Waals surface area contributed by atoms with Crippen LogP contribution in [0.25, 0.3) is 11.5 Å². The fourth-order valence-electron chi connectivity index (χ4n) is 1.85. The summed E-state index contributed by atoms with van der Waals surface area (Å²) in [5.74, 6) is 0.701. The van der Waals surface area contributed by atoms with Crippen molar-refractivity contribution in [3.8, 4) is 11.5 Å². The fraction of sp³-hybridized carbons (Fsp3) is 0.438. The molecule has 0 bridgehead atoms.